The van der Waals surface area contributed by atoms with Gasteiger partial charge in [0.1, 0.15) is 0 Å². The Balaban J connectivity index is 2.55. The van der Waals surface area contributed by atoms with Gasteiger partial charge < -0.3 is 5.32 Å². The molecule has 1 aromatic carbocycles. The highest BCUT2D eigenvalue weighted by atomic mass is 79.9. The zero-order valence-corrected chi connectivity index (χ0v) is 12.4. The highest BCUT2D eigenvalue weighted by molar-refractivity contribution is 9.10. The summed E-state index contributed by atoms with van der Waals surface area (Å²) in [5.41, 5.74) is 1.80. The summed E-state index contributed by atoms with van der Waals surface area (Å²) in [7, 11) is 0. The molecule has 0 aliphatic carbocycles. The minimum atomic E-state index is -0.00912. The van der Waals surface area contributed by atoms with Crippen LogP contribution in [-0.2, 0) is 0 Å². The van der Waals surface area contributed by atoms with Crippen LogP contribution in [0.4, 0.5) is 0 Å². The number of hydrogen-bond acceptors (Lipinski definition) is 1. The van der Waals surface area contributed by atoms with Crippen LogP contribution in [0, 0.1) is 6.92 Å². The first kappa shape index (κ1) is 13.7. The molecule has 0 atom stereocenters. The van der Waals surface area contributed by atoms with Crippen molar-refractivity contribution < 1.29 is 4.79 Å². The molecule has 0 saturated heterocycles. The highest BCUT2D eigenvalue weighted by Gasteiger charge is 2.08. The van der Waals surface area contributed by atoms with Gasteiger partial charge in [0, 0.05) is 16.3 Å². The molecule has 0 aliphatic heterocycles. The lowest BCUT2D eigenvalue weighted by atomic mass is 10.1. The minimum Gasteiger partial charge on any atom is -0.352 e. The number of benzene rings is 1. The van der Waals surface area contributed by atoms with Gasteiger partial charge in [0.15, 0.2) is 0 Å². The fourth-order valence-electron chi connectivity index (χ4n) is 1.33. The fraction of sp³-hybridized carbons (Fsp3) is 0.417. The van der Waals surface area contributed by atoms with Crippen LogP contribution < -0.4 is 5.32 Å². The van der Waals surface area contributed by atoms with Gasteiger partial charge in [0.2, 0.25) is 0 Å². The molecular weight excluding hydrogens is 334 g/mol. The van der Waals surface area contributed by atoms with Crippen LogP contribution in [0.5, 0.6) is 0 Å². The number of amides is 1. The van der Waals surface area contributed by atoms with Crippen molar-refractivity contribution in [2.75, 3.05) is 11.9 Å². The third-order valence-electron chi connectivity index (χ3n) is 2.21. The second kappa shape index (κ2) is 7.07. The lowest BCUT2D eigenvalue weighted by molar-refractivity contribution is 0.0952. The van der Waals surface area contributed by atoms with Gasteiger partial charge in [-0.1, -0.05) is 27.6 Å². The van der Waals surface area contributed by atoms with Gasteiger partial charge in [-0.15, -0.1) is 0 Å². The lowest BCUT2D eigenvalue weighted by Crippen LogP contribution is -2.24. The smallest absolute Gasteiger partial charge is 0.252 e. The Morgan fingerprint density at radius 2 is 2.12 bits per heavy atom. The first-order valence-corrected chi connectivity index (χ1v) is 7.17. The van der Waals surface area contributed by atoms with Gasteiger partial charge >= 0.3 is 0 Å². The maximum absolute atomic E-state index is 11.8. The Kier molecular flexibility index (Phi) is 6.06. The third kappa shape index (κ3) is 4.26. The van der Waals surface area contributed by atoms with Gasteiger partial charge in [0.25, 0.3) is 5.91 Å². The van der Waals surface area contributed by atoms with E-state index in [4.69, 9.17) is 0 Å². The minimum absolute atomic E-state index is 0.00912. The molecule has 0 bridgehead atoms. The summed E-state index contributed by atoms with van der Waals surface area (Å²) >= 11 is 6.75. The molecule has 0 fully saturated rings. The van der Waals surface area contributed by atoms with Crippen molar-refractivity contribution in [3.63, 3.8) is 0 Å². The number of hydrogen-bond donors (Lipinski definition) is 1. The Morgan fingerprint density at radius 3 is 2.81 bits per heavy atom. The van der Waals surface area contributed by atoms with Crippen molar-refractivity contribution in [3.8, 4) is 0 Å². The molecule has 1 N–H and O–H groups in total. The zero-order chi connectivity index (χ0) is 12.0. The largest absolute Gasteiger partial charge is 0.352 e. The van der Waals surface area contributed by atoms with E-state index in [0.29, 0.717) is 5.56 Å². The molecule has 0 radical (unpaired) electrons. The predicted octanol–water partition coefficient (Wildman–Crippen LogP) is 3.66. The number of nitrogens with one attached hydrogen (secondary N) is 1. The summed E-state index contributed by atoms with van der Waals surface area (Å²) in [5.74, 6) is -0.00912. The summed E-state index contributed by atoms with van der Waals surface area (Å²) in [6.07, 6.45) is 2.08. The monoisotopic (exact) mass is 347 g/mol. The van der Waals surface area contributed by atoms with Crippen LogP contribution >= 0.6 is 31.9 Å². The van der Waals surface area contributed by atoms with Gasteiger partial charge in [0.05, 0.1) is 5.56 Å². The van der Waals surface area contributed by atoms with Crippen LogP contribution in [0.3, 0.4) is 0 Å². The SMILES string of the molecule is Cc1ccc(Br)c(C(=O)NCCCCBr)c1. The van der Waals surface area contributed by atoms with E-state index in [9.17, 15) is 4.79 Å². The number of alkyl halides is 1. The molecule has 88 valence electrons. The van der Waals surface area contributed by atoms with E-state index in [1.165, 1.54) is 0 Å². The van der Waals surface area contributed by atoms with E-state index < -0.39 is 0 Å². The summed E-state index contributed by atoms with van der Waals surface area (Å²) < 4.78 is 0.844. The van der Waals surface area contributed by atoms with E-state index >= 15 is 0 Å². The molecule has 4 heteroatoms. The van der Waals surface area contributed by atoms with E-state index in [1.807, 2.05) is 25.1 Å². The van der Waals surface area contributed by atoms with Crippen LogP contribution in [-0.4, -0.2) is 17.8 Å². The molecule has 0 saturated carbocycles. The quantitative estimate of drug-likeness (QED) is 0.638. The lowest BCUT2D eigenvalue weighted by Gasteiger charge is -2.07. The topological polar surface area (TPSA) is 29.1 Å². The molecular formula is C12H15Br2NO. The molecule has 1 aromatic rings. The normalized spacial score (nSPS) is 10.2. The van der Waals surface area contributed by atoms with Gasteiger partial charge in [-0.25, -0.2) is 0 Å². The van der Waals surface area contributed by atoms with Gasteiger partial charge in [-0.05, 0) is 47.8 Å². The van der Waals surface area contributed by atoms with Crippen molar-refractivity contribution in [2.24, 2.45) is 0 Å². The van der Waals surface area contributed by atoms with Crippen LogP contribution in [0.25, 0.3) is 0 Å². The summed E-state index contributed by atoms with van der Waals surface area (Å²) in [6.45, 7) is 2.71. The van der Waals surface area contributed by atoms with Crippen LogP contribution in [0.1, 0.15) is 28.8 Å². The number of halogens is 2. The van der Waals surface area contributed by atoms with Crippen molar-refractivity contribution in [1.82, 2.24) is 5.32 Å². The van der Waals surface area contributed by atoms with E-state index in [1.54, 1.807) is 0 Å². The number of carbonyl (C=O) groups excluding carboxylic acids is 1. The molecule has 1 amide bonds. The Labute approximate surface area is 113 Å². The highest BCUT2D eigenvalue weighted by Crippen LogP contribution is 2.17. The van der Waals surface area contributed by atoms with E-state index in [-0.39, 0.29) is 5.91 Å². The van der Waals surface area contributed by atoms with Crippen molar-refractivity contribution in [2.45, 2.75) is 19.8 Å². The number of rotatable bonds is 5. The first-order chi connectivity index (χ1) is 7.65. The Morgan fingerprint density at radius 1 is 1.38 bits per heavy atom. The second-order valence-corrected chi connectivity index (χ2v) is 5.28. The molecule has 0 aromatic heterocycles. The molecule has 2 nitrogen and oxygen atoms in total. The Hall–Kier alpha value is -0.350. The van der Waals surface area contributed by atoms with Crippen molar-refractivity contribution >= 4 is 37.8 Å². The fourth-order valence-corrected chi connectivity index (χ4v) is 2.15. The molecule has 16 heavy (non-hydrogen) atoms. The maximum Gasteiger partial charge on any atom is 0.252 e. The van der Waals surface area contributed by atoms with Crippen molar-refractivity contribution in [3.05, 3.63) is 33.8 Å². The second-order valence-electron chi connectivity index (χ2n) is 3.64. The van der Waals surface area contributed by atoms with Gasteiger partial charge in [-0.2, -0.15) is 0 Å². The standard InChI is InChI=1S/C12H15Br2NO/c1-9-4-5-11(14)10(8-9)12(16)15-7-3-2-6-13/h4-5,8H,2-3,6-7H2,1H3,(H,15,16). The maximum atomic E-state index is 11.8. The molecule has 0 heterocycles. The molecule has 0 unspecified atom stereocenters. The van der Waals surface area contributed by atoms with E-state index in [0.717, 1.165) is 34.8 Å². The summed E-state index contributed by atoms with van der Waals surface area (Å²) in [6, 6.07) is 5.78. The van der Waals surface area contributed by atoms with Crippen LogP contribution in [0.2, 0.25) is 0 Å². The Bertz CT molecular complexity index is 366. The molecule has 1 rings (SSSR count). The average Bonchev–Trinajstić information content (AvgIpc) is 2.27. The summed E-state index contributed by atoms with van der Waals surface area (Å²) in [5, 5.41) is 3.90. The van der Waals surface area contributed by atoms with Crippen molar-refractivity contribution in [1.29, 1.82) is 0 Å². The molecule has 0 aliphatic rings. The number of unbranched alkanes of at least 4 members (excludes halogenated alkanes) is 1. The number of carbonyl (C=O) groups is 1. The zero-order valence-electron chi connectivity index (χ0n) is 9.22. The predicted molar refractivity (Wildman–Crippen MR) is 74.2 cm³/mol. The number of aryl methyl sites for hydroxylation is 1. The third-order valence-corrected chi connectivity index (χ3v) is 3.46. The molecule has 0 spiro atoms. The van der Waals surface area contributed by atoms with Crippen LogP contribution in [0.15, 0.2) is 22.7 Å². The summed E-state index contributed by atoms with van der Waals surface area (Å²) in [4.78, 5) is 11.8. The van der Waals surface area contributed by atoms with Gasteiger partial charge in [-0.3, -0.25) is 4.79 Å². The average molecular weight is 349 g/mol. The first-order valence-electron chi connectivity index (χ1n) is 5.25. The van der Waals surface area contributed by atoms with E-state index in [2.05, 4.69) is 37.2 Å².